The van der Waals surface area contributed by atoms with Gasteiger partial charge in [-0.3, -0.25) is 4.79 Å². The molecule has 1 amide bonds. The van der Waals surface area contributed by atoms with Crippen molar-refractivity contribution in [2.24, 2.45) is 0 Å². The van der Waals surface area contributed by atoms with Crippen LogP contribution in [0.2, 0.25) is 0 Å². The number of hydrogen-bond acceptors (Lipinski definition) is 2. The number of fused-ring (bicyclic) bond motifs is 2. The fraction of sp³-hybridized carbons (Fsp3) is 0.667. The Hall–Kier alpha value is -1.06. The molecule has 25 heavy (non-hydrogen) atoms. The molecule has 1 aromatic rings. The van der Waals surface area contributed by atoms with Crippen molar-refractivity contribution >= 4 is 18.3 Å². The van der Waals surface area contributed by atoms with Crippen LogP contribution in [0.15, 0.2) is 24.3 Å². The molecule has 1 aromatic carbocycles. The average molecular weight is 363 g/mol. The summed E-state index contributed by atoms with van der Waals surface area (Å²) in [6.07, 6.45) is 9.18. The quantitative estimate of drug-likeness (QED) is 0.863. The number of aryl methyl sites for hydroxylation is 1. The Balaban J connectivity index is 0.00000182. The van der Waals surface area contributed by atoms with E-state index in [4.69, 9.17) is 0 Å². The highest BCUT2D eigenvalue weighted by molar-refractivity contribution is 5.89. The zero-order valence-corrected chi connectivity index (χ0v) is 16.1. The summed E-state index contributed by atoms with van der Waals surface area (Å²) in [5, 5.41) is 3.54. The second-order valence-electron chi connectivity index (χ2n) is 8.05. The molecule has 1 saturated carbocycles. The van der Waals surface area contributed by atoms with Crippen molar-refractivity contribution in [3.8, 4) is 0 Å². The van der Waals surface area contributed by atoms with E-state index in [1.54, 1.807) is 0 Å². The van der Waals surface area contributed by atoms with Gasteiger partial charge in [-0.2, -0.15) is 0 Å². The van der Waals surface area contributed by atoms with Crippen molar-refractivity contribution in [3.63, 3.8) is 0 Å². The molecule has 3 aliphatic rings. The summed E-state index contributed by atoms with van der Waals surface area (Å²) in [4.78, 5) is 16.3. The monoisotopic (exact) mass is 362 g/mol. The second kappa shape index (κ2) is 7.67. The zero-order chi connectivity index (χ0) is 16.6. The fourth-order valence-corrected chi connectivity index (χ4v) is 5.42. The number of carbonyl (C=O) groups excluding carboxylic acids is 1. The Bertz CT molecular complexity index is 598. The van der Waals surface area contributed by atoms with E-state index in [-0.39, 0.29) is 17.8 Å². The van der Waals surface area contributed by atoms with Crippen molar-refractivity contribution in [1.82, 2.24) is 10.2 Å². The highest BCUT2D eigenvalue weighted by Crippen LogP contribution is 2.44. The number of nitrogens with zero attached hydrogens (tertiary/aromatic N) is 1. The van der Waals surface area contributed by atoms with Gasteiger partial charge in [0.15, 0.2) is 0 Å². The molecular weight excluding hydrogens is 332 g/mol. The highest BCUT2D eigenvalue weighted by Gasteiger charge is 2.49. The standard InChI is InChI=1S/C21H30N2O.ClH/c1-16-7-3-4-8-19(16)21(12-5-2-6-13-21)20(24)23-17-9-10-18(23)15-22-14-11-17;/h3-4,7-8,17-18,22H,2,5-6,9-15H2,1H3;1H. The number of amides is 1. The smallest absolute Gasteiger partial charge is 0.233 e. The van der Waals surface area contributed by atoms with Crippen molar-refractivity contribution in [2.45, 2.75) is 75.8 Å². The van der Waals surface area contributed by atoms with Gasteiger partial charge < -0.3 is 10.2 Å². The first kappa shape index (κ1) is 18.7. The number of halogens is 1. The molecule has 138 valence electrons. The Morgan fingerprint density at radius 1 is 1.08 bits per heavy atom. The SMILES string of the molecule is Cc1ccccc1C1(C(=O)N2C3CCNCC2CC3)CCCCC1.Cl. The molecule has 3 fully saturated rings. The van der Waals surface area contributed by atoms with Crippen LogP contribution in [-0.2, 0) is 10.2 Å². The van der Waals surface area contributed by atoms with Gasteiger partial charge in [-0.15, -0.1) is 12.4 Å². The fourth-order valence-electron chi connectivity index (χ4n) is 5.42. The molecule has 0 aromatic heterocycles. The molecule has 2 aliphatic heterocycles. The third-order valence-electron chi connectivity index (χ3n) is 6.67. The van der Waals surface area contributed by atoms with Gasteiger partial charge in [0.2, 0.25) is 5.91 Å². The van der Waals surface area contributed by atoms with Gasteiger partial charge >= 0.3 is 0 Å². The van der Waals surface area contributed by atoms with Gasteiger partial charge in [0.1, 0.15) is 0 Å². The average Bonchev–Trinajstić information content (AvgIpc) is 2.88. The van der Waals surface area contributed by atoms with E-state index in [0.717, 1.165) is 32.4 Å². The predicted octanol–water partition coefficient (Wildman–Crippen LogP) is 3.97. The van der Waals surface area contributed by atoms with Crippen molar-refractivity contribution in [3.05, 3.63) is 35.4 Å². The van der Waals surface area contributed by atoms with Crippen LogP contribution in [0.25, 0.3) is 0 Å². The molecule has 2 bridgehead atoms. The van der Waals surface area contributed by atoms with Gasteiger partial charge in [-0.05, 0) is 56.7 Å². The molecule has 2 unspecified atom stereocenters. The van der Waals surface area contributed by atoms with Crippen molar-refractivity contribution < 1.29 is 4.79 Å². The first-order valence-corrected chi connectivity index (χ1v) is 9.82. The van der Waals surface area contributed by atoms with Crippen LogP contribution in [-0.4, -0.2) is 36.0 Å². The molecule has 3 nitrogen and oxygen atoms in total. The van der Waals surface area contributed by atoms with Gasteiger partial charge in [0.05, 0.1) is 5.41 Å². The molecule has 4 rings (SSSR count). The maximum Gasteiger partial charge on any atom is 0.233 e. The van der Waals surface area contributed by atoms with Gasteiger partial charge in [0.25, 0.3) is 0 Å². The third kappa shape index (κ3) is 3.21. The first-order chi connectivity index (χ1) is 11.7. The van der Waals surface area contributed by atoms with Crippen LogP contribution in [0.5, 0.6) is 0 Å². The number of hydrogen-bond donors (Lipinski definition) is 1. The molecule has 2 saturated heterocycles. The van der Waals surface area contributed by atoms with Gasteiger partial charge in [-0.25, -0.2) is 0 Å². The molecule has 0 spiro atoms. The highest BCUT2D eigenvalue weighted by atomic mass is 35.5. The van der Waals surface area contributed by atoms with Crippen LogP contribution >= 0.6 is 12.4 Å². The first-order valence-electron chi connectivity index (χ1n) is 9.82. The van der Waals surface area contributed by atoms with Crippen molar-refractivity contribution in [2.75, 3.05) is 13.1 Å². The lowest BCUT2D eigenvalue weighted by atomic mass is 9.67. The molecule has 2 heterocycles. The van der Waals surface area contributed by atoms with E-state index in [1.807, 2.05) is 0 Å². The van der Waals surface area contributed by atoms with Gasteiger partial charge in [0, 0.05) is 18.6 Å². The zero-order valence-electron chi connectivity index (χ0n) is 15.3. The molecule has 1 N–H and O–H groups in total. The molecule has 2 atom stereocenters. The number of benzene rings is 1. The minimum Gasteiger partial charge on any atom is -0.335 e. The summed E-state index contributed by atoms with van der Waals surface area (Å²) in [7, 11) is 0. The Labute approximate surface area is 158 Å². The minimum absolute atomic E-state index is 0. The summed E-state index contributed by atoms with van der Waals surface area (Å²) in [5.41, 5.74) is 2.31. The third-order valence-corrected chi connectivity index (χ3v) is 6.67. The van der Waals surface area contributed by atoms with E-state index in [9.17, 15) is 4.79 Å². The maximum absolute atomic E-state index is 13.9. The van der Waals surface area contributed by atoms with E-state index < -0.39 is 0 Å². The second-order valence-corrected chi connectivity index (χ2v) is 8.05. The van der Waals surface area contributed by atoms with E-state index in [0.29, 0.717) is 18.0 Å². The summed E-state index contributed by atoms with van der Waals surface area (Å²) >= 11 is 0. The lowest BCUT2D eigenvalue weighted by Crippen LogP contribution is -2.53. The molecule has 4 heteroatoms. The molecule has 0 radical (unpaired) electrons. The Morgan fingerprint density at radius 2 is 1.80 bits per heavy atom. The Kier molecular flexibility index (Phi) is 5.75. The summed E-state index contributed by atoms with van der Waals surface area (Å²) < 4.78 is 0. The van der Waals surface area contributed by atoms with E-state index >= 15 is 0 Å². The van der Waals surface area contributed by atoms with Crippen molar-refractivity contribution in [1.29, 1.82) is 0 Å². The number of carbonyl (C=O) groups is 1. The van der Waals surface area contributed by atoms with Crippen LogP contribution in [0.1, 0.15) is 62.5 Å². The number of nitrogens with one attached hydrogen (secondary N) is 1. The minimum atomic E-state index is -0.269. The lowest BCUT2D eigenvalue weighted by molar-refractivity contribution is -0.141. The normalized spacial score (nSPS) is 28.1. The van der Waals surface area contributed by atoms with Crippen LogP contribution in [0.3, 0.4) is 0 Å². The van der Waals surface area contributed by atoms with E-state index in [2.05, 4.69) is 41.4 Å². The van der Waals surface area contributed by atoms with Crippen LogP contribution in [0.4, 0.5) is 0 Å². The molecule has 1 aliphatic carbocycles. The molecular formula is C21H31ClN2O. The van der Waals surface area contributed by atoms with Crippen LogP contribution in [0, 0.1) is 6.92 Å². The Morgan fingerprint density at radius 3 is 2.56 bits per heavy atom. The number of rotatable bonds is 2. The predicted molar refractivity (Wildman–Crippen MR) is 104 cm³/mol. The maximum atomic E-state index is 13.9. The largest absolute Gasteiger partial charge is 0.335 e. The van der Waals surface area contributed by atoms with Gasteiger partial charge in [-0.1, -0.05) is 43.5 Å². The summed E-state index contributed by atoms with van der Waals surface area (Å²) in [5.74, 6) is 0.438. The summed E-state index contributed by atoms with van der Waals surface area (Å²) in [6.45, 7) is 4.21. The summed E-state index contributed by atoms with van der Waals surface area (Å²) in [6, 6.07) is 9.48. The van der Waals surface area contributed by atoms with Crippen LogP contribution < -0.4 is 5.32 Å². The lowest BCUT2D eigenvalue weighted by Gasteiger charge is -2.43. The van der Waals surface area contributed by atoms with E-state index in [1.165, 1.54) is 43.2 Å². The topological polar surface area (TPSA) is 32.3 Å².